The van der Waals surface area contributed by atoms with Crippen molar-refractivity contribution >= 4 is 22.6 Å². The van der Waals surface area contributed by atoms with Gasteiger partial charge in [0.15, 0.2) is 0 Å². The van der Waals surface area contributed by atoms with E-state index in [0.717, 1.165) is 23.6 Å². The molecule has 3 N–H and O–H groups in total. The van der Waals surface area contributed by atoms with Gasteiger partial charge in [-0.3, -0.25) is 14.6 Å². The van der Waals surface area contributed by atoms with Gasteiger partial charge >= 0.3 is 0 Å². The number of carbonyl (C=O) groups is 2. The van der Waals surface area contributed by atoms with Crippen molar-refractivity contribution in [2.45, 2.75) is 12.8 Å². The second-order valence-corrected chi connectivity index (χ2v) is 6.05. The molecule has 1 unspecified atom stereocenters. The summed E-state index contributed by atoms with van der Waals surface area (Å²) in [5.41, 5.74) is 5.88. The van der Waals surface area contributed by atoms with Crippen LogP contribution in [-0.2, 0) is 4.79 Å². The molecule has 0 aliphatic carbocycles. The molecule has 1 aromatic heterocycles. The molecule has 6 nitrogen and oxygen atoms in total. The fraction of sp³-hybridized carbons (Fsp3) is 0.389. The number of benzene rings is 1. The number of fused-ring (bicyclic) bond motifs is 1. The summed E-state index contributed by atoms with van der Waals surface area (Å²) in [6.45, 7) is 1.97. The van der Waals surface area contributed by atoms with Crippen LogP contribution in [0.5, 0.6) is 0 Å². The van der Waals surface area contributed by atoms with Crippen molar-refractivity contribution in [2.75, 3.05) is 26.2 Å². The molecule has 1 aromatic carbocycles. The lowest BCUT2D eigenvalue weighted by Gasteiger charge is -2.32. The number of piperidine rings is 1. The summed E-state index contributed by atoms with van der Waals surface area (Å²) in [5, 5.41) is 4.65. The van der Waals surface area contributed by atoms with E-state index in [-0.39, 0.29) is 17.7 Å². The summed E-state index contributed by atoms with van der Waals surface area (Å²) in [5.74, 6) is -0.309. The van der Waals surface area contributed by atoms with Crippen molar-refractivity contribution in [2.24, 2.45) is 11.7 Å². The molecule has 0 radical (unpaired) electrons. The summed E-state index contributed by atoms with van der Waals surface area (Å²) >= 11 is 0. The SMILES string of the molecule is NCCNC(=O)C1CCCN(C(=O)c2nccc3ccccc23)C1. The van der Waals surface area contributed by atoms with E-state index in [1.807, 2.05) is 30.3 Å². The number of nitrogens with one attached hydrogen (secondary N) is 1. The molecule has 24 heavy (non-hydrogen) atoms. The number of pyridine rings is 1. The number of nitrogens with two attached hydrogens (primary N) is 1. The molecular weight excluding hydrogens is 304 g/mol. The Labute approximate surface area is 141 Å². The van der Waals surface area contributed by atoms with Gasteiger partial charge < -0.3 is 16.0 Å². The van der Waals surface area contributed by atoms with Gasteiger partial charge in [0, 0.05) is 37.8 Å². The summed E-state index contributed by atoms with van der Waals surface area (Å²) in [4.78, 5) is 31.1. The molecule has 2 amide bonds. The molecule has 1 saturated heterocycles. The molecule has 1 fully saturated rings. The van der Waals surface area contributed by atoms with Gasteiger partial charge in [0.1, 0.15) is 5.69 Å². The lowest BCUT2D eigenvalue weighted by molar-refractivity contribution is -0.126. The molecule has 1 atom stereocenters. The Morgan fingerprint density at radius 3 is 2.96 bits per heavy atom. The molecule has 3 rings (SSSR count). The zero-order chi connectivity index (χ0) is 16.9. The highest BCUT2D eigenvalue weighted by Gasteiger charge is 2.29. The quantitative estimate of drug-likeness (QED) is 0.882. The number of rotatable bonds is 4. The van der Waals surface area contributed by atoms with Crippen molar-refractivity contribution < 1.29 is 9.59 Å². The number of hydrogen-bond acceptors (Lipinski definition) is 4. The van der Waals surface area contributed by atoms with E-state index < -0.39 is 0 Å². The lowest BCUT2D eigenvalue weighted by Crippen LogP contribution is -2.46. The summed E-state index contributed by atoms with van der Waals surface area (Å²) in [6.07, 6.45) is 3.27. The van der Waals surface area contributed by atoms with E-state index in [1.54, 1.807) is 11.1 Å². The summed E-state index contributed by atoms with van der Waals surface area (Å²) in [6, 6.07) is 9.61. The molecule has 1 aliphatic rings. The average Bonchev–Trinajstić information content (AvgIpc) is 2.65. The average molecular weight is 326 g/mol. The Hall–Kier alpha value is -2.47. The number of likely N-dealkylation sites (tertiary alicyclic amines) is 1. The third kappa shape index (κ3) is 3.38. The van der Waals surface area contributed by atoms with Gasteiger partial charge in [-0.1, -0.05) is 24.3 Å². The third-order valence-corrected chi connectivity index (χ3v) is 4.40. The van der Waals surface area contributed by atoms with Crippen LogP contribution in [0.25, 0.3) is 10.8 Å². The van der Waals surface area contributed by atoms with Crippen LogP contribution in [0.1, 0.15) is 23.3 Å². The van der Waals surface area contributed by atoms with Crippen LogP contribution in [0, 0.1) is 5.92 Å². The zero-order valence-corrected chi connectivity index (χ0v) is 13.6. The van der Waals surface area contributed by atoms with Gasteiger partial charge in [0.05, 0.1) is 5.92 Å². The first-order valence-electron chi connectivity index (χ1n) is 8.31. The minimum atomic E-state index is -0.177. The maximum atomic E-state index is 12.9. The van der Waals surface area contributed by atoms with Gasteiger partial charge in [0.25, 0.3) is 5.91 Å². The first-order valence-corrected chi connectivity index (χ1v) is 8.31. The van der Waals surface area contributed by atoms with E-state index >= 15 is 0 Å². The predicted octanol–water partition coefficient (Wildman–Crippen LogP) is 1.16. The molecule has 0 bridgehead atoms. The molecule has 0 saturated carbocycles. The minimum absolute atomic E-state index is 0.0242. The number of hydrogen-bond donors (Lipinski definition) is 2. The zero-order valence-electron chi connectivity index (χ0n) is 13.6. The predicted molar refractivity (Wildman–Crippen MR) is 92.4 cm³/mol. The Morgan fingerprint density at radius 1 is 1.29 bits per heavy atom. The Balaban J connectivity index is 1.78. The number of carbonyl (C=O) groups excluding carboxylic acids is 2. The second kappa shape index (κ2) is 7.40. The number of amides is 2. The normalized spacial score (nSPS) is 17.7. The van der Waals surface area contributed by atoms with Gasteiger partial charge in [-0.15, -0.1) is 0 Å². The fourth-order valence-corrected chi connectivity index (χ4v) is 3.16. The van der Waals surface area contributed by atoms with Crippen LogP contribution in [0.3, 0.4) is 0 Å². The monoisotopic (exact) mass is 326 g/mol. The fourth-order valence-electron chi connectivity index (χ4n) is 3.16. The molecular formula is C18H22N4O2. The third-order valence-electron chi connectivity index (χ3n) is 4.40. The number of aromatic nitrogens is 1. The Bertz CT molecular complexity index is 741. The molecule has 6 heteroatoms. The van der Waals surface area contributed by atoms with Crippen LogP contribution in [0.4, 0.5) is 0 Å². The van der Waals surface area contributed by atoms with Gasteiger partial charge in [0.2, 0.25) is 5.91 Å². The maximum Gasteiger partial charge on any atom is 0.273 e. The number of nitrogens with zero attached hydrogens (tertiary/aromatic N) is 2. The van der Waals surface area contributed by atoms with Crippen LogP contribution >= 0.6 is 0 Å². The first-order chi connectivity index (χ1) is 11.7. The largest absolute Gasteiger partial charge is 0.355 e. The second-order valence-electron chi connectivity index (χ2n) is 6.05. The molecule has 126 valence electrons. The van der Waals surface area contributed by atoms with Crippen LogP contribution < -0.4 is 11.1 Å². The van der Waals surface area contributed by atoms with Crippen LogP contribution in [0.2, 0.25) is 0 Å². The maximum absolute atomic E-state index is 12.9. The van der Waals surface area contributed by atoms with Crippen molar-refractivity contribution in [3.8, 4) is 0 Å². The summed E-state index contributed by atoms with van der Waals surface area (Å²) in [7, 11) is 0. The Kier molecular flexibility index (Phi) is 5.05. The van der Waals surface area contributed by atoms with Crippen LogP contribution in [0.15, 0.2) is 36.5 Å². The van der Waals surface area contributed by atoms with E-state index in [9.17, 15) is 9.59 Å². The van der Waals surface area contributed by atoms with Crippen molar-refractivity contribution in [1.82, 2.24) is 15.2 Å². The van der Waals surface area contributed by atoms with Crippen molar-refractivity contribution in [3.63, 3.8) is 0 Å². The first kappa shape index (κ1) is 16.4. The smallest absolute Gasteiger partial charge is 0.273 e. The van der Waals surface area contributed by atoms with Gasteiger partial charge in [-0.2, -0.15) is 0 Å². The van der Waals surface area contributed by atoms with Gasteiger partial charge in [-0.05, 0) is 24.3 Å². The van der Waals surface area contributed by atoms with E-state index in [0.29, 0.717) is 31.9 Å². The minimum Gasteiger partial charge on any atom is -0.355 e. The lowest BCUT2D eigenvalue weighted by atomic mass is 9.96. The topological polar surface area (TPSA) is 88.3 Å². The van der Waals surface area contributed by atoms with Crippen LogP contribution in [-0.4, -0.2) is 47.9 Å². The van der Waals surface area contributed by atoms with Crippen molar-refractivity contribution in [1.29, 1.82) is 0 Å². The molecule has 2 aromatic rings. The Morgan fingerprint density at radius 2 is 2.12 bits per heavy atom. The van der Waals surface area contributed by atoms with Gasteiger partial charge in [-0.25, -0.2) is 0 Å². The van der Waals surface area contributed by atoms with Crippen molar-refractivity contribution in [3.05, 3.63) is 42.2 Å². The molecule has 2 heterocycles. The highest BCUT2D eigenvalue weighted by molar-refractivity contribution is 6.05. The molecule has 1 aliphatic heterocycles. The van der Waals surface area contributed by atoms with E-state index in [2.05, 4.69) is 10.3 Å². The molecule has 0 spiro atoms. The summed E-state index contributed by atoms with van der Waals surface area (Å²) < 4.78 is 0. The van der Waals surface area contributed by atoms with E-state index in [1.165, 1.54) is 0 Å². The van der Waals surface area contributed by atoms with E-state index in [4.69, 9.17) is 5.73 Å². The standard InChI is InChI=1S/C18H22N4O2/c19-8-10-21-17(23)14-5-3-11-22(12-14)18(24)16-15-6-2-1-4-13(15)7-9-20-16/h1-2,4,6-7,9,14H,3,5,8,10-12,19H2,(H,21,23). The highest BCUT2D eigenvalue weighted by Crippen LogP contribution is 2.22. The highest BCUT2D eigenvalue weighted by atomic mass is 16.2.